The Morgan fingerprint density at radius 3 is 2.42 bits per heavy atom. The molecule has 1 aromatic heterocycles. The van der Waals surface area contributed by atoms with Gasteiger partial charge in [-0.3, -0.25) is 10.1 Å². The van der Waals surface area contributed by atoms with Crippen LogP contribution in [0, 0.1) is 6.92 Å². The molecule has 0 spiro atoms. The molecule has 0 bridgehead atoms. The Bertz CT molecular complexity index is 675. The van der Waals surface area contributed by atoms with Gasteiger partial charge < -0.3 is 9.47 Å². The van der Waals surface area contributed by atoms with Crippen molar-refractivity contribution in [3.8, 4) is 11.5 Å². The number of nitrogens with zero attached hydrogens (tertiary/aromatic N) is 2. The van der Waals surface area contributed by atoms with Crippen LogP contribution in [-0.4, -0.2) is 30.3 Å². The third-order valence-corrected chi connectivity index (χ3v) is 4.59. The van der Waals surface area contributed by atoms with E-state index in [0.29, 0.717) is 22.2 Å². The van der Waals surface area contributed by atoms with Gasteiger partial charge in [0.2, 0.25) is 5.13 Å². The largest absolute Gasteiger partial charge is 0.496 e. The highest BCUT2D eigenvalue weighted by molar-refractivity contribution is 7.15. The molecular weight excluding hydrogens is 326 g/mol. The number of unbranched alkanes of at least 4 members (excludes halogenated alkanes) is 2. The maximum Gasteiger partial charge on any atom is 0.257 e. The van der Waals surface area contributed by atoms with E-state index >= 15 is 0 Å². The third kappa shape index (κ3) is 4.44. The van der Waals surface area contributed by atoms with Crippen LogP contribution in [0.1, 0.15) is 47.1 Å². The van der Waals surface area contributed by atoms with Crippen LogP contribution in [0.4, 0.5) is 5.13 Å². The van der Waals surface area contributed by atoms with Crippen molar-refractivity contribution in [3.05, 3.63) is 28.3 Å². The summed E-state index contributed by atoms with van der Waals surface area (Å²) in [5.41, 5.74) is 1.31. The molecule has 0 unspecified atom stereocenters. The predicted molar refractivity (Wildman–Crippen MR) is 95.4 cm³/mol. The Hall–Kier alpha value is -2.15. The molecule has 1 aromatic carbocycles. The van der Waals surface area contributed by atoms with Crippen LogP contribution in [0.25, 0.3) is 0 Å². The minimum atomic E-state index is -0.261. The van der Waals surface area contributed by atoms with Crippen molar-refractivity contribution in [1.82, 2.24) is 10.2 Å². The monoisotopic (exact) mass is 349 g/mol. The minimum Gasteiger partial charge on any atom is -0.496 e. The zero-order chi connectivity index (χ0) is 17.5. The van der Waals surface area contributed by atoms with Gasteiger partial charge in [-0.15, -0.1) is 10.2 Å². The zero-order valence-electron chi connectivity index (χ0n) is 14.5. The number of carbonyl (C=O) groups excluding carboxylic acids is 1. The summed E-state index contributed by atoms with van der Waals surface area (Å²) >= 11 is 1.41. The van der Waals surface area contributed by atoms with Crippen molar-refractivity contribution in [2.45, 2.75) is 39.5 Å². The number of hydrogen-bond acceptors (Lipinski definition) is 6. The predicted octanol–water partition coefficient (Wildman–Crippen LogP) is 3.85. The van der Waals surface area contributed by atoms with Gasteiger partial charge >= 0.3 is 0 Å². The molecule has 130 valence electrons. The Kier molecular flexibility index (Phi) is 6.54. The highest BCUT2D eigenvalue weighted by Crippen LogP contribution is 2.30. The molecule has 0 saturated carbocycles. The molecule has 1 amide bonds. The van der Waals surface area contributed by atoms with Crippen molar-refractivity contribution in [1.29, 1.82) is 0 Å². The van der Waals surface area contributed by atoms with Crippen LogP contribution in [-0.2, 0) is 6.42 Å². The van der Waals surface area contributed by atoms with Gasteiger partial charge in [0.05, 0.1) is 14.2 Å². The lowest BCUT2D eigenvalue weighted by Crippen LogP contribution is -2.12. The number of benzene rings is 1. The molecule has 1 heterocycles. The standard InChI is InChI=1S/C17H23N3O3S/c1-5-6-7-8-15-19-20-17(24-15)18-16(21)12-9-13(22-3)11(2)14(10-12)23-4/h9-10H,5-8H2,1-4H3,(H,18,20,21). The molecule has 24 heavy (non-hydrogen) atoms. The van der Waals surface area contributed by atoms with E-state index in [1.54, 1.807) is 26.4 Å². The number of anilines is 1. The number of aromatic nitrogens is 2. The summed E-state index contributed by atoms with van der Waals surface area (Å²) in [5.74, 6) is 0.955. The Labute approximate surface area is 146 Å². The summed E-state index contributed by atoms with van der Waals surface area (Å²) in [7, 11) is 3.13. The second kappa shape index (κ2) is 8.63. The molecule has 0 fully saturated rings. The van der Waals surface area contributed by atoms with E-state index in [0.717, 1.165) is 23.4 Å². The van der Waals surface area contributed by atoms with Gasteiger partial charge in [0.25, 0.3) is 5.91 Å². The van der Waals surface area contributed by atoms with Crippen molar-refractivity contribution in [2.24, 2.45) is 0 Å². The molecule has 0 atom stereocenters. The molecule has 7 heteroatoms. The molecule has 0 saturated heterocycles. The molecule has 0 aliphatic carbocycles. The first-order chi connectivity index (χ1) is 11.6. The second-order valence-electron chi connectivity index (χ2n) is 5.42. The first kappa shape index (κ1) is 18.2. The van der Waals surface area contributed by atoms with Gasteiger partial charge in [0.15, 0.2) is 0 Å². The van der Waals surface area contributed by atoms with E-state index in [1.165, 1.54) is 24.2 Å². The molecule has 1 N–H and O–H groups in total. The molecule has 2 aromatic rings. The van der Waals surface area contributed by atoms with Gasteiger partial charge in [-0.2, -0.15) is 0 Å². The van der Waals surface area contributed by atoms with Crippen molar-refractivity contribution in [3.63, 3.8) is 0 Å². The topological polar surface area (TPSA) is 73.3 Å². The summed E-state index contributed by atoms with van der Waals surface area (Å²) in [6, 6.07) is 3.38. The summed E-state index contributed by atoms with van der Waals surface area (Å²) in [6.07, 6.45) is 4.32. The highest BCUT2D eigenvalue weighted by Gasteiger charge is 2.15. The summed E-state index contributed by atoms with van der Waals surface area (Å²) < 4.78 is 10.6. The zero-order valence-corrected chi connectivity index (χ0v) is 15.3. The number of methoxy groups -OCH3 is 2. The molecule has 0 aliphatic heterocycles. The van der Waals surface area contributed by atoms with Gasteiger partial charge in [-0.25, -0.2) is 0 Å². The van der Waals surface area contributed by atoms with Crippen LogP contribution in [0.5, 0.6) is 11.5 Å². The number of carbonyl (C=O) groups is 1. The van der Waals surface area contributed by atoms with Gasteiger partial charge in [-0.1, -0.05) is 31.1 Å². The Morgan fingerprint density at radius 2 is 1.83 bits per heavy atom. The summed E-state index contributed by atoms with van der Waals surface area (Å²) in [6.45, 7) is 4.04. The van der Waals surface area contributed by atoms with Crippen molar-refractivity contribution >= 4 is 22.4 Å². The number of aryl methyl sites for hydroxylation is 1. The quantitative estimate of drug-likeness (QED) is 0.733. The summed E-state index contributed by atoms with van der Waals surface area (Å²) in [4.78, 5) is 12.4. The van der Waals surface area contributed by atoms with Crippen LogP contribution in [0.15, 0.2) is 12.1 Å². The second-order valence-corrected chi connectivity index (χ2v) is 6.48. The first-order valence-corrected chi connectivity index (χ1v) is 8.77. The molecule has 0 radical (unpaired) electrons. The maximum absolute atomic E-state index is 12.4. The fourth-order valence-electron chi connectivity index (χ4n) is 2.32. The van der Waals surface area contributed by atoms with Gasteiger partial charge in [0.1, 0.15) is 16.5 Å². The molecular formula is C17H23N3O3S. The number of ether oxygens (including phenoxy) is 2. The van der Waals surface area contributed by atoms with E-state index < -0.39 is 0 Å². The number of hydrogen-bond donors (Lipinski definition) is 1. The SMILES string of the molecule is CCCCCc1nnc(NC(=O)c2cc(OC)c(C)c(OC)c2)s1. The van der Waals surface area contributed by atoms with E-state index in [2.05, 4.69) is 22.4 Å². The Balaban J connectivity index is 2.09. The van der Waals surface area contributed by atoms with E-state index in [9.17, 15) is 4.79 Å². The average Bonchev–Trinajstić information content (AvgIpc) is 3.02. The number of nitrogens with one attached hydrogen (secondary N) is 1. The minimum absolute atomic E-state index is 0.261. The van der Waals surface area contributed by atoms with Crippen LogP contribution >= 0.6 is 11.3 Å². The Morgan fingerprint density at radius 1 is 1.17 bits per heavy atom. The molecule has 2 rings (SSSR count). The fourth-order valence-corrected chi connectivity index (χ4v) is 3.09. The first-order valence-electron chi connectivity index (χ1n) is 7.95. The average molecular weight is 349 g/mol. The molecule has 6 nitrogen and oxygen atoms in total. The van der Waals surface area contributed by atoms with E-state index in [4.69, 9.17) is 9.47 Å². The van der Waals surface area contributed by atoms with E-state index in [-0.39, 0.29) is 5.91 Å². The lowest BCUT2D eigenvalue weighted by atomic mass is 10.1. The van der Waals surface area contributed by atoms with Gasteiger partial charge in [0, 0.05) is 17.5 Å². The van der Waals surface area contributed by atoms with Gasteiger partial charge in [-0.05, 0) is 25.5 Å². The lowest BCUT2D eigenvalue weighted by molar-refractivity contribution is 0.102. The maximum atomic E-state index is 12.4. The van der Waals surface area contributed by atoms with Crippen molar-refractivity contribution < 1.29 is 14.3 Å². The van der Waals surface area contributed by atoms with E-state index in [1.807, 2.05) is 6.92 Å². The van der Waals surface area contributed by atoms with Crippen molar-refractivity contribution in [2.75, 3.05) is 19.5 Å². The number of rotatable bonds is 8. The van der Waals surface area contributed by atoms with Crippen LogP contribution < -0.4 is 14.8 Å². The molecule has 0 aliphatic rings. The van der Waals surface area contributed by atoms with Crippen LogP contribution in [0.2, 0.25) is 0 Å². The summed E-state index contributed by atoms with van der Waals surface area (Å²) in [5, 5.41) is 12.4. The third-order valence-electron chi connectivity index (χ3n) is 3.70. The normalized spacial score (nSPS) is 10.5. The van der Waals surface area contributed by atoms with Crippen LogP contribution in [0.3, 0.4) is 0 Å². The lowest BCUT2D eigenvalue weighted by Gasteiger charge is -2.12. The highest BCUT2D eigenvalue weighted by atomic mass is 32.1. The number of amides is 1. The smallest absolute Gasteiger partial charge is 0.257 e. The fraction of sp³-hybridized carbons (Fsp3) is 0.471.